The molecule has 13 heavy (non-hydrogen) atoms. The maximum absolute atomic E-state index is 13.0. The van der Waals surface area contributed by atoms with Crippen LogP contribution in [0.25, 0.3) is 0 Å². The fourth-order valence-electron chi connectivity index (χ4n) is 0.692. The quantitative estimate of drug-likeness (QED) is 0.458. The number of hydrogen-bond donors (Lipinski definition) is 1. The van der Waals surface area contributed by atoms with Gasteiger partial charge in [-0.1, -0.05) is 12.6 Å². The van der Waals surface area contributed by atoms with Gasteiger partial charge in [-0.05, 0) is 55.8 Å². The van der Waals surface area contributed by atoms with Crippen molar-refractivity contribution in [2.75, 3.05) is 0 Å². The van der Waals surface area contributed by atoms with E-state index in [0.29, 0.717) is 13.8 Å². The molecule has 0 aromatic heterocycles. The minimum atomic E-state index is -0.379. The Hall–Kier alpha value is 0.480. The van der Waals surface area contributed by atoms with Crippen LogP contribution in [0.15, 0.2) is 26.0 Å². The van der Waals surface area contributed by atoms with Crippen molar-refractivity contribution in [1.82, 2.24) is 0 Å². The van der Waals surface area contributed by atoms with E-state index in [1.165, 1.54) is 12.1 Å². The van der Waals surface area contributed by atoms with Gasteiger partial charge in [0.05, 0.1) is 8.95 Å². The van der Waals surface area contributed by atoms with Crippen molar-refractivity contribution in [2.45, 2.75) is 4.90 Å². The smallest absolute Gasteiger partial charge is 0.247 e. The average Bonchev–Trinajstić information content (AvgIpc) is 1.98. The first-order valence-electron chi connectivity index (χ1n) is 3.06. The SMILES string of the molecule is O=C(S)Sc1cc(Br)c(F)c(Br)c1. The Labute approximate surface area is 101 Å². The molecule has 0 heterocycles. The molecule has 6 heteroatoms. The molecule has 1 aromatic rings. The van der Waals surface area contributed by atoms with Crippen molar-refractivity contribution in [2.24, 2.45) is 0 Å². The van der Waals surface area contributed by atoms with E-state index in [2.05, 4.69) is 44.5 Å². The van der Waals surface area contributed by atoms with E-state index in [-0.39, 0.29) is 10.3 Å². The van der Waals surface area contributed by atoms with E-state index in [9.17, 15) is 9.18 Å². The Morgan fingerprint density at radius 3 is 2.23 bits per heavy atom. The lowest BCUT2D eigenvalue weighted by atomic mass is 10.3. The number of rotatable bonds is 1. The van der Waals surface area contributed by atoms with Gasteiger partial charge in [-0.3, -0.25) is 4.79 Å². The molecule has 0 bridgehead atoms. The summed E-state index contributed by atoms with van der Waals surface area (Å²) < 4.78 is 13.3. The first-order valence-corrected chi connectivity index (χ1v) is 5.91. The summed E-state index contributed by atoms with van der Waals surface area (Å²) in [7, 11) is 0. The van der Waals surface area contributed by atoms with E-state index in [0.717, 1.165) is 11.8 Å². The molecule has 0 amide bonds. The topological polar surface area (TPSA) is 17.1 Å². The average molecular weight is 346 g/mol. The van der Waals surface area contributed by atoms with Crippen LogP contribution in [-0.4, -0.2) is 4.45 Å². The van der Waals surface area contributed by atoms with Gasteiger partial charge in [0.2, 0.25) is 4.45 Å². The molecule has 0 saturated carbocycles. The molecule has 0 radical (unpaired) electrons. The number of halogens is 3. The third-order valence-electron chi connectivity index (χ3n) is 1.16. The Morgan fingerprint density at radius 2 is 1.85 bits per heavy atom. The van der Waals surface area contributed by atoms with Gasteiger partial charge < -0.3 is 0 Å². The number of benzene rings is 1. The number of thiol groups is 1. The highest BCUT2D eigenvalue weighted by Gasteiger charge is 2.08. The van der Waals surface area contributed by atoms with Crippen LogP contribution in [0.4, 0.5) is 9.18 Å². The molecule has 0 saturated heterocycles. The molecule has 0 aliphatic rings. The zero-order valence-electron chi connectivity index (χ0n) is 6.05. The van der Waals surface area contributed by atoms with Gasteiger partial charge in [-0.2, -0.15) is 0 Å². The van der Waals surface area contributed by atoms with E-state index in [1.54, 1.807) is 0 Å². The molecule has 1 rings (SSSR count). The number of thioether (sulfide) groups is 1. The molecule has 70 valence electrons. The molecule has 0 fully saturated rings. The van der Waals surface area contributed by atoms with E-state index in [1.807, 2.05) is 0 Å². The molecule has 0 N–H and O–H groups in total. The van der Waals surface area contributed by atoms with Crippen LogP contribution in [-0.2, 0) is 0 Å². The van der Waals surface area contributed by atoms with Gasteiger partial charge in [-0.15, -0.1) is 0 Å². The summed E-state index contributed by atoms with van der Waals surface area (Å²) in [5.74, 6) is -0.379. The van der Waals surface area contributed by atoms with E-state index < -0.39 is 0 Å². The lowest BCUT2D eigenvalue weighted by molar-refractivity contribution is 0.277. The predicted molar refractivity (Wildman–Crippen MR) is 62.0 cm³/mol. The molecule has 0 unspecified atom stereocenters. The second kappa shape index (κ2) is 4.82. The molecular formula is C7H3Br2FOS2. The minimum absolute atomic E-state index is 0.318. The van der Waals surface area contributed by atoms with Crippen molar-refractivity contribution in [1.29, 1.82) is 0 Å². The highest BCUT2D eigenvalue weighted by molar-refractivity contribution is 9.11. The van der Waals surface area contributed by atoms with Gasteiger partial charge in [0, 0.05) is 4.90 Å². The monoisotopic (exact) mass is 344 g/mol. The maximum atomic E-state index is 13.0. The Morgan fingerprint density at radius 1 is 1.38 bits per heavy atom. The summed E-state index contributed by atoms with van der Waals surface area (Å²) in [5.41, 5.74) is 0. The van der Waals surface area contributed by atoms with Gasteiger partial charge in [0.1, 0.15) is 0 Å². The Balaban J connectivity index is 3.06. The molecule has 0 spiro atoms. The highest BCUT2D eigenvalue weighted by Crippen LogP contribution is 2.31. The minimum Gasteiger partial charge on any atom is -0.274 e. The molecule has 0 atom stereocenters. The third kappa shape index (κ3) is 3.27. The fourth-order valence-corrected chi connectivity index (χ4v) is 3.05. The lowest BCUT2D eigenvalue weighted by Gasteiger charge is -2.01. The zero-order chi connectivity index (χ0) is 10.0. The van der Waals surface area contributed by atoms with Crippen molar-refractivity contribution in [3.8, 4) is 0 Å². The van der Waals surface area contributed by atoms with Gasteiger partial charge in [-0.25, -0.2) is 4.39 Å². The fraction of sp³-hybridized carbons (Fsp3) is 0. The first kappa shape index (κ1) is 11.6. The van der Waals surface area contributed by atoms with Crippen LogP contribution in [0, 0.1) is 5.82 Å². The normalized spacial score (nSPS) is 10.2. The number of carbonyl (C=O) groups excluding carboxylic acids is 1. The summed E-state index contributed by atoms with van der Waals surface area (Å²) in [5, 5.41) is 0. The van der Waals surface area contributed by atoms with Gasteiger partial charge in [0.25, 0.3) is 0 Å². The van der Waals surface area contributed by atoms with Gasteiger partial charge >= 0.3 is 0 Å². The number of carbonyl (C=O) groups is 1. The maximum Gasteiger partial charge on any atom is 0.247 e. The van der Waals surface area contributed by atoms with Crippen LogP contribution in [0.5, 0.6) is 0 Å². The zero-order valence-corrected chi connectivity index (χ0v) is 10.9. The third-order valence-corrected chi connectivity index (χ3v) is 3.24. The summed E-state index contributed by atoms with van der Waals surface area (Å²) in [6.45, 7) is 0. The van der Waals surface area contributed by atoms with Crippen molar-refractivity contribution in [3.05, 3.63) is 26.9 Å². The predicted octanol–water partition coefficient (Wildman–Crippen LogP) is 4.49. The van der Waals surface area contributed by atoms with Gasteiger partial charge in [0.15, 0.2) is 5.82 Å². The molecule has 0 aliphatic carbocycles. The van der Waals surface area contributed by atoms with Crippen LogP contribution in [0.2, 0.25) is 0 Å². The molecule has 1 aromatic carbocycles. The Bertz CT molecular complexity index is 333. The van der Waals surface area contributed by atoms with Crippen molar-refractivity contribution < 1.29 is 9.18 Å². The van der Waals surface area contributed by atoms with E-state index >= 15 is 0 Å². The number of hydrogen-bond acceptors (Lipinski definition) is 2. The second-order valence-electron chi connectivity index (χ2n) is 2.07. The summed E-state index contributed by atoms with van der Waals surface area (Å²) in [4.78, 5) is 11.3. The van der Waals surface area contributed by atoms with E-state index in [4.69, 9.17) is 0 Å². The molecule has 1 nitrogen and oxygen atoms in total. The molecule has 0 aliphatic heterocycles. The van der Waals surface area contributed by atoms with Crippen molar-refractivity contribution >= 4 is 60.7 Å². The Kier molecular flexibility index (Phi) is 4.28. The van der Waals surface area contributed by atoms with Crippen LogP contribution >= 0.6 is 56.3 Å². The van der Waals surface area contributed by atoms with Crippen molar-refractivity contribution in [3.63, 3.8) is 0 Å². The standard InChI is InChI=1S/C7H3Br2FOS2/c8-4-1-3(13-7(11)12)2-5(9)6(4)10/h1-2H,(H,11,12). The van der Waals surface area contributed by atoms with Crippen LogP contribution in [0.1, 0.15) is 0 Å². The lowest BCUT2D eigenvalue weighted by Crippen LogP contribution is -1.83. The summed E-state index contributed by atoms with van der Waals surface area (Å²) >= 11 is 10.6. The molecular weight excluding hydrogens is 343 g/mol. The largest absolute Gasteiger partial charge is 0.274 e. The highest BCUT2D eigenvalue weighted by atomic mass is 79.9. The summed E-state index contributed by atoms with van der Waals surface area (Å²) in [6.07, 6.45) is 0. The second-order valence-corrected chi connectivity index (χ2v) is 5.53. The van der Waals surface area contributed by atoms with Crippen LogP contribution in [0.3, 0.4) is 0 Å². The first-order chi connectivity index (χ1) is 6.00. The van der Waals surface area contributed by atoms with Crippen LogP contribution < -0.4 is 0 Å². The summed E-state index contributed by atoms with van der Waals surface area (Å²) in [6, 6.07) is 3.05.